The summed E-state index contributed by atoms with van der Waals surface area (Å²) in [5.74, 6) is 0. The Labute approximate surface area is 115 Å². The van der Waals surface area contributed by atoms with Gasteiger partial charge in [-0.2, -0.15) is 0 Å². The minimum absolute atomic E-state index is 0.185. The summed E-state index contributed by atoms with van der Waals surface area (Å²) in [4.78, 5) is 11.6. The van der Waals surface area contributed by atoms with E-state index in [4.69, 9.17) is 4.74 Å². The first kappa shape index (κ1) is 15.0. The Morgan fingerprint density at radius 1 is 1.50 bits per heavy atom. The Balaban J connectivity index is 2.71. The number of ether oxygens (including phenoxy) is 1. The molecule has 0 aliphatic rings. The summed E-state index contributed by atoms with van der Waals surface area (Å²) >= 11 is 3.35. The molecule has 0 bridgehead atoms. The molecule has 100 valence electrons. The van der Waals surface area contributed by atoms with Crippen molar-refractivity contribution in [3.63, 3.8) is 0 Å². The molecule has 1 aromatic rings. The standard InChI is InChI=1S/C13H18BrNO3/c1-13(2,3)18-12(17)15-11(8-16)9-5-4-6-10(14)7-9/h4-7,11,16H,8H2,1-3H3,(H,15,17)/t11-/m0/s1. The third kappa shape index (κ3) is 5.06. The van der Waals surface area contributed by atoms with Crippen LogP contribution in [0, 0.1) is 0 Å². The molecule has 5 heteroatoms. The molecule has 2 N–H and O–H groups in total. The quantitative estimate of drug-likeness (QED) is 0.901. The van der Waals surface area contributed by atoms with Crippen LogP contribution in [0.3, 0.4) is 0 Å². The molecule has 0 spiro atoms. The first-order chi connectivity index (χ1) is 8.31. The fourth-order valence-corrected chi connectivity index (χ4v) is 1.82. The first-order valence-electron chi connectivity index (χ1n) is 5.67. The van der Waals surface area contributed by atoms with Crippen molar-refractivity contribution in [1.82, 2.24) is 5.32 Å². The van der Waals surface area contributed by atoms with E-state index in [0.29, 0.717) is 0 Å². The predicted octanol–water partition coefficient (Wildman–Crippen LogP) is 3.01. The molecule has 18 heavy (non-hydrogen) atoms. The lowest BCUT2D eigenvalue weighted by Crippen LogP contribution is -2.36. The molecule has 0 saturated carbocycles. The lowest BCUT2D eigenvalue weighted by atomic mass is 10.1. The smallest absolute Gasteiger partial charge is 0.408 e. The van der Waals surface area contributed by atoms with E-state index >= 15 is 0 Å². The van der Waals surface area contributed by atoms with Crippen molar-refractivity contribution in [2.24, 2.45) is 0 Å². The molecule has 0 aromatic heterocycles. The Morgan fingerprint density at radius 3 is 2.67 bits per heavy atom. The normalized spacial score (nSPS) is 12.9. The second-order valence-corrected chi connectivity index (χ2v) is 5.85. The number of benzene rings is 1. The van der Waals surface area contributed by atoms with Gasteiger partial charge in [-0.1, -0.05) is 28.1 Å². The molecule has 0 fully saturated rings. The summed E-state index contributed by atoms with van der Waals surface area (Å²) in [5.41, 5.74) is 0.263. The minimum Gasteiger partial charge on any atom is -0.444 e. The van der Waals surface area contributed by atoms with Crippen LogP contribution in [0.25, 0.3) is 0 Å². The van der Waals surface area contributed by atoms with E-state index in [1.165, 1.54) is 0 Å². The molecule has 1 rings (SSSR count). The predicted molar refractivity (Wildman–Crippen MR) is 73.3 cm³/mol. The van der Waals surface area contributed by atoms with Crippen LogP contribution in [0.5, 0.6) is 0 Å². The summed E-state index contributed by atoms with van der Waals surface area (Å²) in [6, 6.07) is 6.93. The molecular weight excluding hydrogens is 298 g/mol. The lowest BCUT2D eigenvalue weighted by Gasteiger charge is -2.23. The molecule has 0 aliphatic carbocycles. The second-order valence-electron chi connectivity index (χ2n) is 4.94. The number of aliphatic hydroxyl groups is 1. The Kier molecular flexibility index (Phi) is 5.16. The van der Waals surface area contributed by atoms with Crippen LogP contribution in [-0.4, -0.2) is 23.4 Å². The van der Waals surface area contributed by atoms with E-state index in [0.717, 1.165) is 10.0 Å². The molecule has 1 amide bonds. The van der Waals surface area contributed by atoms with Crippen LogP contribution in [-0.2, 0) is 4.74 Å². The van der Waals surface area contributed by atoms with Crippen molar-refractivity contribution in [3.05, 3.63) is 34.3 Å². The summed E-state index contributed by atoms with van der Waals surface area (Å²) in [5, 5.41) is 12.0. The molecular formula is C13H18BrNO3. The van der Waals surface area contributed by atoms with Gasteiger partial charge in [-0.3, -0.25) is 0 Å². The van der Waals surface area contributed by atoms with E-state index in [2.05, 4.69) is 21.2 Å². The van der Waals surface area contributed by atoms with Crippen LogP contribution >= 0.6 is 15.9 Å². The zero-order chi connectivity index (χ0) is 13.8. The SMILES string of the molecule is CC(C)(C)OC(=O)N[C@@H](CO)c1cccc(Br)c1. The fraction of sp³-hybridized carbons (Fsp3) is 0.462. The average molecular weight is 316 g/mol. The number of rotatable bonds is 3. The number of carbonyl (C=O) groups excluding carboxylic acids is 1. The highest BCUT2D eigenvalue weighted by atomic mass is 79.9. The van der Waals surface area contributed by atoms with Crippen LogP contribution in [0.4, 0.5) is 4.79 Å². The van der Waals surface area contributed by atoms with Crippen LogP contribution in [0.2, 0.25) is 0 Å². The van der Waals surface area contributed by atoms with Gasteiger partial charge in [0.2, 0.25) is 0 Å². The molecule has 4 nitrogen and oxygen atoms in total. The number of carbonyl (C=O) groups is 1. The zero-order valence-electron chi connectivity index (χ0n) is 10.7. The zero-order valence-corrected chi connectivity index (χ0v) is 12.3. The number of nitrogens with one attached hydrogen (secondary N) is 1. The van der Waals surface area contributed by atoms with Gasteiger partial charge < -0.3 is 15.2 Å². The summed E-state index contributed by atoms with van der Waals surface area (Å²) in [6.07, 6.45) is -0.540. The highest BCUT2D eigenvalue weighted by Gasteiger charge is 2.20. The second kappa shape index (κ2) is 6.20. The van der Waals surface area contributed by atoms with Crippen molar-refractivity contribution in [2.75, 3.05) is 6.61 Å². The molecule has 0 heterocycles. The number of hydrogen-bond donors (Lipinski definition) is 2. The summed E-state index contributed by atoms with van der Waals surface area (Å²) in [6.45, 7) is 5.19. The highest BCUT2D eigenvalue weighted by molar-refractivity contribution is 9.10. The van der Waals surface area contributed by atoms with Gasteiger partial charge in [-0.05, 0) is 38.5 Å². The van der Waals surface area contributed by atoms with E-state index in [1.54, 1.807) is 20.8 Å². The molecule has 1 atom stereocenters. The number of halogens is 1. The first-order valence-corrected chi connectivity index (χ1v) is 6.47. The van der Waals surface area contributed by atoms with Crippen LogP contribution < -0.4 is 5.32 Å². The van der Waals surface area contributed by atoms with Crippen molar-refractivity contribution in [1.29, 1.82) is 0 Å². The van der Waals surface area contributed by atoms with Gasteiger partial charge in [0.15, 0.2) is 0 Å². The Morgan fingerprint density at radius 2 is 2.17 bits per heavy atom. The number of amides is 1. The maximum atomic E-state index is 11.6. The maximum Gasteiger partial charge on any atom is 0.408 e. The summed E-state index contributed by atoms with van der Waals surface area (Å²) < 4.78 is 6.04. The van der Waals surface area contributed by atoms with Crippen LogP contribution in [0.1, 0.15) is 32.4 Å². The molecule has 0 aliphatic heterocycles. The third-order valence-electron chi connectivity index (χ3n) is 2.12. The largest absolute Gasteiger partial charge is 0.444 e. The van der Waals surface area contributed by atoms with E-state index in [9.17, 15) is 9.90 Å². The number of hydrogen-bond acceptors (Lipinski definition) is 3. The molecule has 0 saturated heterocycles. The van der Waals surface area contributed by atoms with Gasteiger partial charge in [0.05, 0.1) is 12.6 Å². The number of aliphatic hydroxyl groups excluding tert-OH is 1. The Bertz CT molecular complexity index is 415. The summed E-state index contributed by atoms with van der Waals surface area (Å²) in [7, 11) is 0. The van der Waals surface area contributed by atoms with Crippen molar-refractivity contribution in [2.45, 2.75) is 32.4 Å². The lowest BCUT2D eigenvalue weighted by molar-refractivity contribution is 0.0482. The van der Waals surface area contributed by atoms with Gasteiger partial charge in [0.1, 0.15) is 5.60 Å². The monoisotopic (exact) mass is 315 g/mol. The average Bonchev–Trinajstić information content (AvgIpc) is 2.23. The van der Waals surface area contributed by atoms with Gasteiger partial charge >= 0.3 is 6.09 Å². The van der Waals surface area contributed by atoms with Gasteiger partial charge in [-0.15, -0.1) is 0 Å². The van der Waals surface area contributed by atoms with Crippen molar-refractivity contribution >= 4 is 22.0 Å². The molecule has 0 unspecified atom stereocenters. The molecule has 0 radical (unpaired) electrons. The topological polar surface area (TPSA) is 58.6 Å². The highest BCUT2D eigenvalue weighted by Crippen LogP contribution is 2.18. The van der Waals surface area contributed by atoms with Crippen LogP contribution in [0.15, 0.2) is 28.7 Å². The van der Waals surface area contributed by atoms with Gasteiger partial charge in [0.25, 0.3) is 0 Å². The van der Waals surface area contributed by atoms with Crippen molar-refractivity contribution in [3.8, 4) is 0 Å². The van der Waals surface area contributed by atoms with Gasteiger partial charge in [-0.25, -0.2) is 4.79 Å². The molecule has 1 aromatic carbocycles. The Hall–Kier alpha value is -1.07. The minimum atomic E-state index is -0.554. The van der Waals surface area contributed by atoms with Gasteiger partial charge in [0, 0.05) is 4.47 Å². The van der Waals surface area contributed by atoms with Crippen molar-refractivity contribution < 1.29 is 14.6 Å². The number of alkyl carbamates (subject to hydrolysis) is 1. The van der Waals surface area contributed by atoms with E-state index in [1.807, 2.05) is 24.3 Å². The third-order valence-corrected chi connectivity index (χ3v) is 2.62. The maximum absolute atomic E-state index is 11.6. The fourth-order valence-electron chi connectivity index (χ4n) is 1.41. The van der Waals surface area contributed by atoms with E-state index in [-0.39, 0.29) is 6.61 Å². The van der Waals surface area contributed by atoms with E-state index < -0.39 is 17.7 Å².